The average Bonchev–Trinajstić information content (AvgIpc) is 3.44. The van der Waals surface area contributed by atoms with Gasteiger partial charge in [0, 0.05) is 29.2 Å². The molecule has 1 atom stereocenters. The SMILES string of the molecule is Cc1ccccc1CN1C(=O)[C@@](O)(CC(=O)c2cccc(-n3cccc3)c2)c2ccccc21. The summed E-state index contributed by atoms with van der Waals surface area (Å²) < 4.78 is 1.91. The molecule has 1 aromatic heterocycles. The summed E-state index contributed by atoms with van der Waals surface area (Å²) in [5, 5.41) is 11.6. The first-order valence-corrected chi connectivity index (χ1v) is 10.9. The highest BCUT2D eigenvalue weighted by atomic mass is 16.3. The quantitative estimate of drug-likeness (QED) is 0.442. The Hall–Kier alpha value is -3.96. The van der Waals surface area contributed by atoms with E-state index in [0.29, 0.717) is 23.4 Å². The fourth-order valence-corrected chi connectivity index (χ4v) is 4.47. The first-order valence-electron chi connectivity index (χ1n) is 10.9. The third-order valence-electron chi connectivity index (χ3n) is 6.32. The van der Waals surface area contributed by atoms with E-state index in [0.717, 1.165) is 16.8 Å². The van der Waals surface area contributed by atoms with Gasteiger partial charge in [0.05, 0.1) is 18.7 Å². The Balaban J connectivity index is 1.47. The number of carbonyl (C=O) groups excluding carboxylic acids is 2. The molecular formula is C28H24N2O3. The normalized spacial score (nSPS) is 17.3. The number of carbonyl (C=O) groups is 2. The lowest BCUT2D eigenvalue weighted by Crippen LogP contribution is -2.41. The summed E-state index contributed by atoms with van der Waals surface area (Å²) in [7, 11) is 0. The Morgan fingerprint density at radius 3 is 2.42 bits per heavy atom. The van der Waals surface area contributed by atoms with Gasteiger partial charge in [0.1, 0.15) is 0 Å². The predicted octanol–water partition coefficient (Wildman–Crippen LogP) is 4.79. The van der Waals surface area contributed by atoms with Gasteiger partial charge in [-0.15, -0.1) is 0 Å². The van der Waals surface area contributed by atoms with Crippen molar-refractivity contribution in [1.29, 1.82) is 0 Å². The number of hydrogen-bond acceptors (Lipinski definition) is 3. The van der Waals surface area contributed by atoms with Crippen molar-refractivity contribution in [2.45, 2.75) is 25.5 Å². The van der Waals surface area contributed by atoms with E-state index in [-0.39, 0.29) is 12.2 Å². The summed E-state index contributed by atoms with van der Waals surface area (Å²) >= 11 is 0. The summed E-state index contributed by atoms with van der Waals surface area (Å²) in [5.74, 6) is -0.755. The van der Waals surface area contributed by atoms with E-state index >= 15 is 0 Å². The second-order valence-electron chi connectivity index (χ2n) is 8.44. The van der Waals surface area contributed by atoms with Gasteiger partial charge in [0.25, 0.3) is 5.91 Å². The van der Waals surface area contributed by atoms with Crippen molar-refractivity contribution in [3.63, 3.8) is 0 Å². The molecule has 5 nitrogen and oxygen atoms in total. The van der Waals surface area contributed by atoms with Gasteiger partial charge in [0.15, 0.2) is 11.4 Å². The number of para-hydroxylation sites is 1. The van der Waals surface area contributed by atoms with Gasteiger partial charge in [-0.3, -0.25) is 9.59 Å². The van der Waals surface area contributed by atoms with Crippen LogP contribution in [0.2, 0.25) is 0 Å². The number of ketones is 1. The van der Waals surface area contributed by atoms with Crippen LogP contribution in [0.25, 0.3) is 5.69 Å². The zero-order valence-electron chi connectivity index (χ0n) is 18.3. The van der Waals surface area contributed by atoms with Gasteiger partial charge < -0.3 is 14.6 Å². The summed E-state index contributed by atoms with van der Waals surface area (Å²) in [6.45, 7) is 2.33. The van der Waals surface area contributed by atoms with E-state index < -0.39 is 11.5 Å². The summed E-state index contributed by atoms with van der Waals surface area (Å²) in [6, 6.07) is 26.1. The van der Waals surface area contributed by atoms with Gasteiger partial charge in [0.2, 0.25) is 0 Å². The van der Waals surface area contributed by atoms with Crippen molar-refractivity contribution in [3.05, 3.63) is 120 Å². The predicted molar refractivity (Wildman–Crippen MR) is 127 cm³/mol. The smallest absolute Gasteiger partial charge is 0.264 e. The van der Waals surface area contributed by atoms with Crippen LogP contribution in [0.4, 0.5) is 5.69 Å². The molecule has 0 aliphatic carbocycles. The first-order chi connectivity index (χ1) is 16.0. The van der Waals surface area contributed by atoms with Crippen molar-refractivity contribution in [1.82, 2.24) is 4.57 Å². The molecule has 0 unspecified atom stereocenters. The Morgan fingerprint density at radius 2 is 1.64 bits per heavy atom. The van der Waals surface area contributed by atoms with Gasteiger partial charge in [-0.25, -0.2) is 0 Å². The second-order valence-corrected chi connectivity index (χ2v) is 8.44. The van der Waals surface area contributed by atoms with Crippen LogP contribution in [0.3, 0.4) is 0 Å². The van der Waals surface area contributed by atoms with Crippen LogP contribution < -0.4 is 4.90 Å². The summed E-state index contributed by atoms with van der Waals surface area (Å²) in [4.78, 5) is 28.4. The number of rotatable bonds is 6. The van der Waals surface area contributed by atoms with Crippen molar-refractivity contribution in [2.75, 3.05) is 4.90 Å². The van der Waals surface area contributed by atoms with Crippen LogP contribution in [0.15, 0.2) is 97.3 Å². The molecule has 1 aliphatic rings. The maximum Gasteiger partial charge on any atom is 0.264 e. The highest BCUT2D eigenvalue weighted by Gasteiger charge is 2.50. The van der Waals surface area contributed by atoms with Crippen molar-refractivity contribution in [2.24, 2.45) is 0 Å². The van der Waals surface area contributed by atoms with Crippen LogP contribution in [0, 0.1) is 6.92 Å². The van der Waals surface area contributed by atoms with Crippen molar-refractivity contribution < 1.29 is 14.7 Å². The Morgan fingerprint density at radius 1 is 0.909 bits per heavy atom. The molecule has 0 radical (unpaired) electrons. The molecule has 1 amide bonds. The molecule has 0 saturated carbocycles. The molecule has 0 saturated heterocycles. The number of amides is 1. The zero-order chi connectivity index (χ0) is 23.0. The van der Waals surface area contributed by atoms with E-state index in [1.165, 1.54) is 0 Å². The summed E-state index contributed by atoms with van der Waals surface area (Å²) in [6.07, 6.45) is 3.48. The highest BCUT2D eigenvalue weighted by Crippen LogP contribution is 2.43. The average molecular weight is 437 g/mol. The lowest BCUT2D eigenvalue weighted by atomic mass is 9.88. The lowest BCUT2D eigenvalue weighted by Gasteiger charge is -2.23. The molecule has 0 spiro atoms. The van der Waals surface area contributed by atoms with E-state index in [1.54, 1.807) is 29.2 Å². The van der Waals surface area contributed by atoms with E-state index in [1.807, 2.05) is 84.5 Å². The fourth-order valence-electron chi connectivity index (χ4n) is 4.47. The van der Waals surface area contributed by atoms with Crippen LogP contribution >= 0.6 is 0 Å². The molecule has 2 heterocycles. The molecule has 1 N–H and O–H groups in total. The lowest BCUT2D eigenvalue weighted by molar-refractivity contribution is -0.136. The van der Waals surface area contributed by atoms with Crippen molar-refractivity contribution >= 4 is 17.4 Å². The van der Waals surface area contributed by atoms with Crippen LogP contribution in [-0.2, 0) is 16.9 Å². The fraction of sp³-hybridized carbons (Fsp3) is 0.143. The zero-order valence-corrected chi connectivity index (χ0v) is 18.3. The number of aromatic nitrogens is 1. The van der Waals surface area contributed by atoms with Gasteiger partial charge in [-0.05, 0) is 48.4 Å². The number of Topliss-reactive ketones (excluding diaryl/α,β-unsaturated/α-hetero) is 1. The first kappa shape index (κ1) is 20.9. The number of benzene rings is 3. The maximum absolute atomic E-state index is 13.5. The molecule has 3 aromatic carbocycles. The second kappa shape index (κ2) is 8.19. The number of aliphatic hydroxyl groups is 1. The van der Waals surface area contributed by atoms with Gasteiger partial charge in [-0.1, -0.05) is 54.6 Å². The minimum Gasteiger partial charge on any atom is -0.375 e. The Kier molecular flexibility index (Phi) is 5.19. The number of anilines is 1. The Bertz CT molecular complexity index is 1340. The topological polar surface area (TPSA) is 62.5 Å². The third-order valence-corrected chi connectivity index (χ3v) is 6.32. The van der Waals surface area contributed by atoms with Crippen LogP contribution in [0.5, 0.6) is 0 Å². The van der Waals surface area contributed by atoms with E-state index in [9.17, 15) is 14.7 Å². The molecule has 5 rings (SSSR count). The number of aryl methyl sites for hydroxylation is 1. The highest BCUT2D eigenvalue weighted by molar-refractivity contribution is 6.10. The van der Waals surface area contributed by atoms with E-state index in [4.69, 9.17) is 0 Å². The Labute approximate surface area is 192 Å². The number of hydrogen-bond donors (Lipinski definition) is 1. The molecule has 164 valence electrons. The van der Waals surface area contributed by atoms with Crippen molar-refractivity contribution in [3.8, 4) is 5.69 Å². The summed E-state index contributed by atoms with van der Waals surface area (Å²) in [5.41, 5.74) is 2.57. The molecule has 4 aromatic rings. The van der Waals surface area contributed by atoms with Gasteiger partial charge in [-0.2, -0.15) is 0 Å². The van der Waals surface area contributed by atoms with Crippen LogP contribution in [0.1, 0.15) is 33.5 Å². The standard InChI is InChI=1S/C28H24N2O3/c1-20-9-2-3-10-22(20)19-30-25-14-5-4-13-24(25)28(33,27(30)32)18-26(31)21-11-8-12-23(17-21)29-15-6-7-16-29/h2-17,33H,18-19H2,1H3/t28-/m1/s1. The molecule has 0 bridgehead atoms. The monoisotopic (exact) mass is 436 g/mol. The molecular weight excluding hydrogens is 412 g/mol. The van der Waals surface area contributed by atoms with Crippen LogP contribution in [-0.4, -0.2) is 21.4 Å². The number of fused-ring (bicyclic) bond motifs is 1. The minimum absolute atomic E-state index is 0.285. The maximum atomic E-state index is 13.5. The number of nitrogens with zero attached hydrogens (tertiary/aromatic N) is 2. The van der Waals surface area contributed by atoms with E-state index in [2.05, 4.69) is 0 Å². The molecule has 33 heavy (non-hydrogen) atoms. The minimum atomic E-state index is -1.90. The van der Waals surface area contributed by atoms with Gasteiger partial charge >= 0.3 is 0 Å². The molecule has 5 heteroatoms. The molecule has 1 aliphatic heterocycles. The molecule has 0 fully saturated rings. The third kappa shape index (κ3) is 3.66. The largest absolute Gasteiger partial charge is 0.375 e.